The lowest BCUT2D eigenvalue weighted by Crippen LogP contribution is -2.62. The highest BCUT2D eigenvalue weighted by atomic mass is 32.2. The van der Waals surface area contributed by atoms with E-state index >= 15 is 0 Å². The van der Waals surface area contributed by atoms with Gasteiger partial charge < -0.3 is 79.7 Å². The normalized spacial score (nSPS) is 16.8. The molecule has 28 heteroatoms. The van der Waals surface area contributed by atoms with Crippen LogP contribution in [-0.4, -0.2) is 182 Å². The number of carboxylic acids is 2. The Labute approximate surface area is 445 Å². The van der Waals surface area contributed by atoms with Gasteiger partial charge in [-0.15, -0.1) is 0 Å². The number of carbonyl (C=O) groups excluding carboxylic acids is 8. The molecule has 1 heterocycles. The number of rotatable bonds is 32. The lowest BCUT2D eigenvalue weighted by molar-refractivity contribution is -0.145. The number of nitrogens with two attached hydrogens (primary N) is 3. The summed E-state index contributed by atoms with van der Waals surface area (Å²) in [6.07, 6.45) is 0.208. The molecule has 1 aliphatic heterocycles. The van der Waals surface area contributed by atoms with Gasteiger partial charge in [-0.2, -0.15) is 24.4 Å². The maximum atomic E-state index is 14.2. The number of carbonyl (C=O) groups is 10. The summed E-state index contributed by atoms with van der Waals surface area (Å²) in [6.45, 7) is 8.14. The fourth-order valence-electron chi connectivity index (χ4n) is 7.77. The van der Waals surface area contributed by atoms with E-state index in [1.807, 2.05) is 0 Å². The third-order valence-electron chi connectivity index (χ3n) is 11.8. The van der Waals surface area contributed by atoms with Crippen molar-refractivity contribution in [1.29, 1.82) is 0 Å². The van der Waals surface area contributed by atoms with Crippen LogP contribution in [0.3, 0.4) is 0 Å². The van der Waals surface area contributed by atoms with Crippen molar-refractivity contribution < 1.29 is 68.4 Å². The average Bonchev–Trinajstić information content (AvgIpc) is 3.83. The van der Waals surface area contributed by atoms with Gasteiger partial charge in [-0.05, 0) is 87.0 Å². The first kappa shape index (κ1) is 64.7. The summed E-state index contributed by atoms with van der Waals surface area (Å²) < 4.78 is 0. The van der Waals surface area contributed by atoms with Gasteiger partial charge in [-0.1, -0.05) is 39.8 Å². The van der Waals surface area contributed by atoms with Crippen LogP contribution in [0.2, 0.25) is 0 Å². The monoisotopic (exact) mass is 1100 g/mol. The lowest BCUT2D eigenvalue weighted by atomic mass is 10.0. The van der Waals surface area contributed by atoms with Crippen molar-refractivity contribution in [3.8, 4) is 5.75 Å². The minimum Gasteiger partial charge on any atom is -0.508 e. The van der Waals surface area contributed by atoms with Crippen LogP contribution in [0, 0.1) is 11.8 Å². The van der Waals surface area contributed by atoms with Crippen molar-refractivity contribution in [3.05, 3.63) is 29.8 Å². The molecule has 0 aromatic heterocycles. The van der Waals surface area contributed by atoms with Crippen LogP contribution in [0.15, 0.2) is 29.3 Å². The van der Waals surface area contributed by atoms with Crippen LogP contribution >= 0.6 is 24.4 Å². The van der Waals surface area contributed by atoms with Crippen LogP contribution in [0.5, 0.6) is 5.75 Å². The number of phenols is 1. The molecular weight excluding hydrogens is 1020 g/mol. The Balaban J connectivity index is 2.23. The number of guanidine groups is 1. The molecule has 420 valence electrons. The Morgan fingerprint density at radius 3 is 1.85 bits per heavy atom. The smallest absolute Gasteiger partial charge is 0.326 e. The molecule has 0 unspecified atom stereocenters. The Kier molecular flexibility index (Phi) is 27.7. The van der Waals surface area contributed by atoms with E-state index in [-0.39, 0.29) is 62.8 Å². The van der Waals surface area contributed by atoms with E-state index in [0.29, 0.717) is 24.2 Å². The third-order valence-corrected chi connectivity index (χ3v) is 12.8. The van der Waals surface area contributed by atoms with Crippen LogP contribution in [0.25, 0.3) is 0 Å². The topological polar surface area (TPSA) is 429 Å². The van der Waals surface area contributed by atoms with E-state index in [2.05, 4.69) is 54.8 Å². The van der Waals surface area contributed by atoms with Crippen molar-refractivity contribution in [3.63, 3.8) is 0 Å². The van der Waals surface area contributed by atoms with E-state index in [1.165, 1.54) is 43.0 Å². The summed E-state index contributed by atoms with van der Waals surface area (Å²) >= 11 is 5.54. The number of amides is 8. The first-order chi connectivity index (χ1) is 35.2. The van der Waals surface area contributed by atoms with Crippen molar-refractivity contribution in [1.82, 2.24) is 42.1 Å². The van der Waals surface area contributed by atoms with Gasteiger partial charge in [0.1, 0.15) is 54.1 Å². The number of nitrogens with zero attached hydrogens (tertiary/aromatic N) is 2. The quantitative estimate of drug-likeness (QED) is 0.0148. The molecule has 26 nitrogen and oxygen atoms in total. The van der Waals surface area contributed by atoms with Gasteiger partial charge in [0.2, 0.25) is 47.3 Å². The van der Waals surface area contributed by atoms with E-state index in [9.17, 15) is 68.4 Å². The number of carboxylic acid groups (broad SMARTS) is 2. The second-order valence-corrected chi connectivity index (χ2v) is 20.3. The minimum absolute atomic E-state index is 0.00460. The maximum Gasteiger partial charge on any atom is 0.326 e. The zero-order valence-corrected chi connectivity index (χ0v) is 44.8. The van der Waals surface area contributed by atoms with E-state index in [4.69, 9.17) is 17.2 Å². The van der Waals surface area contributed by atoms with E-state index in [0.717, 1.165) is 4.90 Å². The summed E-state index contributed by atoms with van der Waals surface area (Å²) in [6, 6.07) is -6.70. The number of aromatic hydroxyl groups is 1. The standard InChI is InChI=1S/C47H76N12O14S2/c1-23(2)19-30(40(66)52-29(15-18-75-6)39(65)55-32(46(72)73)20-26-11-13-27(61)14-12-26)53-43(69)34-10-8-17-59(34)45(71)37(25(5)60)58-42(68)33(22-74)56-41(67)31(21-35(62)63)54-44(70)36(24(3)4)57-38(64)28(48)9-7-16-51-47(49)50/h11-14,23-25,28-34,36-37,60-61,74H,7-10,15-22,48H2,1-6H3,(H,52,66)(H,53,69)(H,54,70)(H,55,65)(H,56,67)(H,57,64)(H,58,68)(H,62,63)(H,72,73)(H4,49,50,51)/t25-,28+,29+,30+,31+,32+,33+,34+,36+,37+/m1/s1. The Morgan fingerprint density at radius 2 is 1.31 bits per heavy atom. The highest BCUT2D eigenvalue weighted by Crippen LogP contribution is 2.21. The van der Waals surface area contributed by atoms with Gasteiger partial charge >= 0.3 is 11.9 Å². The van der Waals surface area contributed by atoms with Gasteiger partial charge in [0, 0.05) is 25.3 Å². The van der Waals surface area contributed by atoms with Crippen LogP contribution < -0.4 is 54.4 Å². The van der Waals surface area contributed by atoms with E-state index < -0.39 is 138 Å². The first-order valence-corrected chi connectivity index (χ1v) is 26.5. The average molecular weight is 1100 g/mol. The van der Waals surface area contributed by atoms with Gasteiger partial charge in [-0.3, -0.25) is 48.1 Å². The van der Waals surface area contributed by atoms with Gasteiger partial charge in [-0.25, -0.2) is 4.79 Å². The number of thioether (sulfide) groups is 1. The summed E-state index contributed by atoms with van der Waals surface area (Å²) in [5, 5.41) is 57.4. The summed E-state index contributed by atoms with van der Waals surface area (Å²) in [4.78, 5) is 138. The third kappa shape index (κ3) is 22.2. The largest absolute Gasteiger partial charge is 0.508 e. The molecule has 1 aromatic rings. The molecular formula is C47H76N12O14S2. The molecule has 10 atom stereocenters. The molecule has 8 amide bonds. The number of phenolic OH excluding ortho intramolecular Hbond substituents is 1. The Bertz CT molecular complexity index is 2170. The fraction of sp³-hybridized carbons (Fsp3) is 0.638. The van der Waals surface area contributed by atoms with Crippen molar-refractivity contribution in [2.75, 3.05) is 30.9 Å². The maximum absolute atomic E-state index is 14.2. The first-order valence-electron chi connectivity index (χ1n) is 24.4. The second kappa shape index (κ2) is 32.1. The lowest BCUT2D eigenvalue weighted by Gasteiger charge is -2.32. The zero-order chi connectivity index (χ0) is 56.7. The van der Waals surface area contributed by atoms with Gasteiger partial charge in [0.25, 0.3) is 0 Å². The molecule has 0 aliphatic carbocycles. The SMILES string of the molecule is CSCC[C@H](NC(=O)[C@H](CC(C)C)NC(=O)[C@@H]1CCCN1C(=O)[C@@H](NC(=O)[C@H](CS)NC(=O)[C@H](CC(=O)O)NC(=O)[C@@H](NC(=O)[C@@H](N)CCCN=C(N)N)C(C)C)[C@@H](C)O)C(=O)N[C@@H](Cc1ccc(O)cc1)C(=O)O. The number of aliphatic hydroxyl groups is 1. The summed E-state index contributed by atoms with van der Waals surface area (Å²) in [7, 11) is 0. The highest BCUT2D eigenvalue weighted by molar-refractivity contribution is 7.98. The number of likely N-dealkylation sites (tertiary alicyclic amines) is 1. The molecule has 1 saturated heterocycles. The summed E-state index contributed by atoms with van der Waals surface area (Å²) in [5.41, 5.74) is 17.1. The number of aliphatic imine (C=N–C) groups is 1. The number of hydrogen-bond acceptors (Lipinski definition) is 16. The molecule has 1 fully saturated rings. The molecule has 1 aromatic carbocycles. The molecule has 75 heavy (non-hydrogen) atoms. The predicted octanol–water partition coefficient (Wildman–Crippen LogP) is -2.97. The number of aliphatic hydroxyl groups excluding tert-OH is 1. The van der Waals surface area contributed by atoms with Crippen molar-refractivity contribution >= 4 is 89.5 Å². The number of aliphatic carboxylic acids is 2. The molecule has 17 N–H and O–H groups in total. The minimum atomic E-state index is -1.79. The predicted molar refractivity (Wildman–Crippen MR) is 281 cm³/mol. The molecule has 2 rings (SSSR count). The van der Waals surface area contributed by atoms with Crippen LogP contribution in [0.4, 0.5) is 0 Å². The van der Waals surface area contributed by atoms with Crippen LogP contribution in [0.1, 0.15) is 85.1 Å². The number of thiol groups is 1. The molecule has 0 bridgehead atoms. The molecule has 0 spiro atoms. The molecule has 0 saturated carbocycles. The second-order valence-electron chi connectivity index (χ2n) is 18.9. The summed E-state index contributed by atoms with van der Waals surface area (Å²) in [5.74, 6) is -10.8. The van der Waals surface area contributed by atoms with Crippen molar-refractivity contribution in [2.45, 2.75) is 146 Å². The Hall–Kier alpha value is -6.39. The number of benzene rings is 1. The van der Waals surface area contributed by atoms with Gasteiger partial charge in [0.05, 0.1) is 18.6 Å². The number of hydrogen-bond donors (Lipinski definition) is 15. The zero-order valence-electron chi connectivity index (χ0n) is 43.1. The van der Waals surface area contributed by atoms with E-state index in [1.54, 1.807) is 34.0 Å². The highest BCUT2D eigenvalue weighted by Gasteiger charge is 2.42. The number of nitrogens with one attached hydrogen (secondary N) is 7. The molecule has 1 aliphatic rings. The molecule has 0 radical (unpaired) electrons. The van der Waals surface area contributed by atoms with Crippen LogP contribution in [-0.2, 0) is 54.4 Å². The Morgan fingerprint density at radius 1 is 0.747 bits per heavy atom. The van der Waals surface area contributed by atoms with Crippen molar-refractivity contribution in [2.24, 2.45) is 34.0 Å². The van der Waals surface area contributed by atoms with Gasteiger partial charge in [0.15, 0.2) is 5.96 Å². The fourth-order valence-corrected chi connectivity index (χ4v) is 8.50.